The maximum Gasteiger partial charge on any atom is 0.229 e. The first-order chi connectivity index (χ1) is 21.7. The number of aryl methyl sites for hydroxylation is 1. The summed E-state index contributed by atoms with van der Waals surface area (Å²) in [4.78, 5) is 13.9. The lowest BCUT2D eigenvalue weighted by Gasteiger charge is -2.39. The maximum atomic E-state index is 13.9. The summed E-state index contributed by atoms with van der Waals surface area (Å²) >= 11 is 0. The minimum atomic E-state index is -1.71. The zero-order valence-electron chi connectivity index (χ0n) is 25.3. The molecule has 46 heavy (non-hydrogen) atoms. The predicted octanol–water partition coefficient (Wildman–Crippen LogP) is 2.70. The van der Waals surface area contributed by atoms with Gasteiger partial charge in [-0.15, -0.1) is 0 Å². The lowest BCUT2D eigenvalue weighted by atomic mass is 9.67. The summed E-state index contributed by atoms with van der Waals surface area (Å²) in [5.74, 6) is -1.57. The number of carbonyl (C=O) groups is 1. The number of aliphatic hydroxyl groups is 4. The third-order valence-electron chi connectivity index (χ3n) is 8.98. The van der Waals surface area contributed by atoms with Gasteiger partial charge in [0.2, 0.25) is 12.1 Å². The summed E-state index contributed by atoms with van der Waals surface area (Å²) < 4.78 is 16.8. The number of aliphatic hydroxyl groups excluding tert-OH is 4. The van der Waals surface area contributed by atoms with Crippen molar-refractivity contribution in [1.29, 1.82) is 0 Å². The van der Waals surface area contributed by atoms with Gasteiger partial charge in [0.25, 0.3) is 0 Å². The number of fused-ring (bicyclic) bond motifs is 3. The Hall–Kier alpha value is -4.59. The van der Waals surface area contributed by atoms with Crippen molar-refractivity contribution < 1.29 is 59.9 Å². The largest absolute Gasteiger partial charge is 0.508 e. The van der Waals surface area contributed by atoms with Gasteiger partial charge in [-0.1, -0.05) is 13.8 Å². The van der Waals surface area contributed by atoms with Gasteiger partial charge >= 0.3 is 0 Å². The van der Waals surface area contributed by atoms with Gasteiger partial charge in [-0.2, -0.15) is 0 Å². The molecule has 5 atom stereocenters. The van der Waals surface area contributed by atoms with Crippen LogP contribution in [0.5, 0.6) is 34.5 Å². The summed E-state index contributed by atoms with van der Waals surface area (Å²) in [6.07, 6.45) is -7.77. The van der Waals surface area contributed by atoms with Crippen molar-refractivity contribution in [2.75, 3.05) is 13.7 Å². The zero-order chi connectivity index (χ0) is 33.4. The quantitative estimate of drug-likeness (QED) is 0.160. The zero-order valence-corrected chi connectivity index (χ0v) is 25.3. The van der Waals surface area contributed by atoms with Crippen molar-refractivity contribution in [1.82, 2.24) is 0 Å². The molecule has 1 heterocycles. The molecule has 0 spiro atoms. The van der Waals surface area contributed by atoms with E-state index in [2.05, 4.69) is 0 Å². The van der Waals surface area contributed by atoms with Crippen LogP contribution >= 0.6 is 0 Å². The lowest BCUT2D eigenvalue weighted by molar-refractivity contribution is -0.277. The van der Waals surface area contributed by atoms with Crippen molar-refractivity contribution in [3.63, 3.8) is 0 Å². The average Bonchev–Trinajstić information content (AvgIpc) is 2.99. The monoisotopic (exact) mass is 634 g/mol. The average molecular weight is 635 g/mol. The number of rotatable bonds is 5. The van der Waals surface area contributed by atoms with Crippen molar-refractivity contribution in [2.24, 2.45) is 0 Å². The molecule has 0 radical (unpaired) electrons. The Labute approximate surface area is 262 Å². The summed E-state index contributed by atoms with van der Waals surface area (Å²) in [5, 5.41) is 85.4. The molecule has 0 aromatic heterocycles. The Morgan fingerprint density at radius 1 is 0.804 bits per heavy atom. The van der Waals surface area contributed by atoms with Gasteiger partial charge in [0.1, 0.15) is 58.9 Å². The molecule has 1 aliphatic carbocycles. The molecule has 0 saturated carbocycles. The molecule has 1 saturated heterocycles. The van der Waals surface area contributed by atoms with Gasteiger partial charge in [0, 0.05) is 34.1 Å². The molecule has 12 nitrogen and oxygen atoms in total. The summed E-state index contributed by atoms with van der Waals surface area (Å²) in [5.41, 5.74) is 0.610. The van der Waals surface area contributed by atoms with Crippen LogP contribution in [0.3, 0.4) is 0 Å². The minimum Gasteiger partial charge on any atom is -0.508 e. The van der Waals surface area contributed by atoms with Gasteiger partial charge in [-0.25, -0.2) is 0 Å². The van der Waals surface area contributed by atoms with Gasteiger partial charge in [-0.05, 0) is 59.3 Å². The van der Waals surface area contributed by atoms with E-state index in [0.717, 1.165) is 6.07 Å². The summed E-state index contributed by atoms with van der Waals surface area (Å²) in [7, 11) is 1.44. The number of hydrogen-bond acceptors (Lipinski definition) is 12. The van der Waals surface area contributed by atoms with Crippen LogP contribution in [0.2, 0.25) is 0 Å². The van der Waals surface area contributed by atoms with E-state index in [4.69, 9.17) is 14.2 Å². The Kier molecular flexibility index (Phi) is 7.53. The highest BCUT2D eigenvalue weighted by Crippen LogP contribution is 2.52. The Bertz CT molecular complexity index is 1870. The van der Waals surface area contributed by atoms with E-state index in [1.54, 1.807) is 32.9 Å². The molecule has 12 heteroatoms. The van der Waals surface area contributed by atoms with E-state index in [-0.39, 0.29) is 44.9 Å². The number of ether oxygens (including phenoxy) is 3. The van der Waals surface area contributed by atoms with Gasteiger partial charge in [-0.3, -0.25) is 4.79 Å². The Balaban J connectivity index is 1.63. The minimum absolute atomic E-state index is 0.0522. The van der Waals surface area contributed by atoms with E-state index in [1.807, 2.05) is 0 Å². The Morgan fingerprint density at radius 2 is 1.48 bits per heavy atom. The van der Waals surface area contributed by atoms with Crippen LogP contribution < -0.4 is 9.47 Å². The molecule has 4 aromatic rings. The third-order valence-corrected chi connectivity index (χ3v) is 8.98. The number of aromatic hydroxyl groups is 4. The van der Waals surface area contributed by atoms with Crippen molar-refractivity contribution in [3.05, 3.63) is 70.3 Å². The fraction of sp³-hybridized carbons (Fsp3) is 0.324. The molecule has 8 N–H and O–H groups in total. The van der Waals surface area contributed by atoms with Crippen LogP contribution in [-0.4, -0.2) is 91.1 Å². The van der Waals surface area contributed by atoms with Crippen molar-refractivity contribution >= 4 is 16.6 Å². The molecule has 1 aliphatic heterocycles. The van der Waals surface area contributed by atoms with Gasteiger partial charge < -0.3 is 55.1 Å². The van der Waals surface area contributed by atoms with E-state index in [1.165, 1.54) is 31.4 Å². The van der Waals surface area contributed by atoms with Crippen molar-refractivity contribution in [2.45, 2.75) is 56.9 Å². The number of carbonyl (C=O) groups excluding carboxylic acids is 1. The molecule has 1 fully saturated rings. The number of hydrogen-bond donors (Lipinski definition) is 8. The fourth-order valence-electron chi connectivity index (χ4n) is 6.60. The first-order valence-electron chi connectivity index (χ1n) is 14.5. The number of phenolic OH excluding ortho intramolecular Hbond substituents is 4. The standard InChI is InChI=1S/C34H34O12/c1-13-5-16(44-4)11-22(38)24(13)18-10-17(45-33-32(43)31(42)28(39)23(12-35)46-33)6-14-7-19-27(29(40)25(14)18)30(41)26-20(34(19,2)3)8-15(36)9-21(26)37/h5-11,23,28,31-33,35-40,42-43H,12H2,1-4H3/t23-,28-,31+,32-,33-/m1/s1. The Morgan fingerprint density at radius 3 is 2.13 bits per heavy atom. The van der Waals surface area contributed by atoms with Crippen LogP contribution in [0, 0.1) is 6.92 Å². The van der Waals surface area contributed by atoms with E-state index < -0.39 is 60.0 Å². The topological polar surface area (TPSA) is 207 Å². The molecule has 242 valence electrons. The number of methoxy groups -OCH3 is 1. The molecular formula is C34H34O12. The first-order valence-corrected chi connectivity index (χ1v) is 14.5. The molecule has 6 rings (SSSR count). The molecule has 4 aromatic carbocycles. The summed E-state index contributed by atoms with van der Waals surface area (Å²) in [6, 6.07) is 10.1. The fourth-order valence-corrected chi connectivity index (χ4v) is 6.60. The third kappa shape index (κ3) is 4.68. The SMILES string of the molecule is COc1cc(C)c(-c2cc(O[C@@H]3O[C@H](CO)[C@@H](O)[C@H](O)[C@H]3O)cc3cc4c(c(O)c23)C(=O)c2c(O)cc(O)cc2C4(C)C)c(O)c1. The van der Waals surface area contributed by atoms with Crippen LogP contribution in [0.25, 0.3) is 21.9 Å². The number of benzene rings is 4. The number of phenols is 4. The first kappa shape index (κ1) is 31.4. The van der Waals surface area contributed by atoms with Crippen LogP contribution in [0.4, 0.5) is 0 Å². The maximum absolute atomic E-state index is 13.9. The second-order valence-corrected chi connectivity index (χ2v) is 12.2. The number of ketones is 1. The van der Waals surface area contributed by atoms with Gasteiger partial charge in [0.15, 0.2) is 0 Å². The highest BCUT2D eigenvalue weighted by Gasteiger charge is 2.45. The molecular weight excluding hydrogens is 600 g/mol. The highest BCUT2D eigenvalue weighted by atomic mass is 16.7. The van der Waals surface area contributed by atoms with Crippen LogP contribution in [0.15, 0.2) is 42.5 Å². The second kappa shape index (κ2) is 11.0. The second-order valence-electron chi connectivity index (χ2n) is 12.2. The van der Waals surface area contributed by atoms with Crippen molar-refractivity contribution in [3.8, 4) is 45.6 Å². The highest BCUT2D eigenvalue weighted by molar-refractivity contribution is 6.20. The molecule has 0 amide bonds. The molecule has 0 unspecified atom stereocenters. The molecule has 0 bridgehead atoms. The van der Waals surface area contributed by atoms with Crippen LogP contribution in [0.1, 0.15) is 46.5 Å². The predicted molar refractivity (Wildman–Crippen MR) is 164 cm³/mol. The smallest absolute Gasteiger partial charge is 0.229 e. The summed E-state index contributed by atoms with van der Waals surface area (Å²) in [6.45, 7) is 4.59. The normalized spacial score (nSPS) is 23.6. The molecule has 2 aliphatic rings. The van der Waals surface area contributed by atoms with E-state index in [0.29, 0.717) is 27.8 Å². The van der Waals surface area contributed by atoms with E-state index in [9.17, 15) is 45.6 Å². The van der Waals surface area contributed by atoms with E-state index >= 15 is 0 Å². The van der Waals surface area contributed by atoms with Crippen LogP contribution in [-0.2, 0) is 10.2 Å². The van der Waals surface area contributed by atoms with Gasteiger partial charge in [0.05, 0.1) is 24.8 Å². The lowest BCUT2D eigenvalue weighted by Crippen LogP contribution is -2.60.